The van der Waals surface area contributed by atoms with Crippen molar-refractivity contribution in [2.45, 2.75) is 30.7 Å². The number of rotatable bonds is 8. The minimum absolute atomic E-state index is 0.0293. The fraction of sp³-hybridized carbons (Fsp3) is 0.273. The first-order valence-corrected chi connectivity index (χ1v) is 11.2. The van der Waals surface area contributed by atoms with Crippen LogP contribution in [0.25, 0.3) is 5.69 Å². The van der Waals surface area contributed by atoms with Crippen LogP contribution in [0.3, 0.4) is 0 Å². The number of aliphatic hydroxyl groups is 2. The average Bonchev–Trinajstić information content (AvgIpc) is 3.26. The second-order valence-corrected chi connectivity index (χ2v) is 8.60. The van der Waals surface area contributed by atoms with Crippen LogP contribution in [0.1, 0.15) is 30.1 Å². The SMILES string of the molecule is O=C1CC(O)c2cc(OCCCS(=O)c3nccn3-c3ccccc3CO)ccc2N1. The molecule has 8 nitrogen and oxygen atoms in total. The van der Waals surface area contributed by atoms with Gasteiger partial charge in [-0.25, -0.2) is 4.98 Å². The standard InChI is InChI=1S/C22H23N3O5S/c26-14-15-4-1-2-5-19(15)25-9-8-23-22(25)31(29)11-3-10-30-16-6-7-18-17(12-16)20(27)13-21(28)24-18/h1-2,4-9,12,20,26-27H,3,10-11,13-14H2,(H,24,28). The van der Waals surface area contributed by atoms with Crippen molar-refractivity contribution in [3.8, 4) is 11.4 Å². The van der Waals surface area contributed by atoms with E-state index in [1.165, 1.54) is 0 Å². The zero-order valence-electron chi connectivity index (χ0n) is 16.7. The monoisotopic (exact) mass is 441 g/mol. The summed E-state index contributed by atoms with van der Waals surface area (Å²) in [7, 11) is -1.34. The van der Waals surface area contributed by atoms with Gasteiger partial charge in [-0.2, -0.15) is 0 Å². The first-order chi connectivity index (χ1) is 15.1. The Morgan fingerprint density at radius 3 is 2.94 bits per heavy atom. The molecule has 162 valence electrons. The van der Waals surface area contributed by atoms with Gasteiger partial charge in [-0.05, 0) is 30.7 Å². The van der Waals surface area contributed by atoms with Gasteiger partial charge in [0.05, 0.1) is 42.2 Å². The van der Waals surface area contributed by atoms with Gasteiger partial charge >= 0.3 is 0 Å². The van der Waals surface area contributed by atoms with E-state index in [0.717, 1.165) is 11.3 Å². The Balaban J connectivity index is 1.36. The fourth-order valence-electron chi connectivity index (χ4n) is 3.50. The van der Waals surface area contributed by atoms with Gasteiger partial charge in [0, 0.05) is 35.0 Å². The topological polar surface area (TPSA) is 114 Å². The minimum atomic E-state index is -1.34. The molecular weight excluding hydrogens is 418 g/mol. The lowest BCUT2D eigenvalue weighted by atomic mass is 10.00. The molecule has 1 aliphatic heterocycles. The van der Waals surface area contributed by atoms with Crippen LogP contribution in [0.15, 0.2) is 60.0 Å². The van der Waals surface area contributed by atoms with Gasteiger partial charge < -0.3 is 20.3 Å². The van der Waals surface area contributed by atoms with Gasteiger partial charge in [0.25, 0.3) is 0 Å². The molecule has 2 unspecified atom stereocenters. The smallest absolute Gasteiger partial charge is 0.227 e. The summed E-state index contributed by atoms with van der Waals surface area (Å²) < 4.78 is 20.3. The Labute approximate surface area is 182 Å². The number of nitrogens with one attached hydrogen (secondary N) is 1. The summed E-state index contributed by atoms with van der Waals surface area (Å²) >= 11 is 0. The summed E-state index contributed by atoms with van der Waals surface area (Å²) in [6, 6.07) is 12.5. The van der Waals surface area contributed by atoms with Gasteiger partial charge in [-0.1, -0.05) is 18.2 Å². The third kappa shape index (κ3) is 4.68. The number of carbonyl (C=O) groups is 1. The molecule has 0 radical (unpaired) electrons. The highest BCUT2D eigenvalue weighted by Crippen LogP contribution is 2.33. The molecule has 3 aromatic rings. The molecular formula is C22H23N3O5S. The first kappa shape index (κ1) is 21.2. The number of carbonyl (C=O) groups excluding carboxylic acids is 1. The average molecular weight is 442 g/mol. The van der Waals surface area contributed by atoms with Gasteiger partial charge in [-0.3, -0.25) is 13.6 Å². The lowest BCUT2D eigenvalue weighted by Crippen LogP contribution is -2.22. The molecule has 1 aliphatic rings. The molecule has 31 heavy (non-hydrogen) atoms. The van der Waals surface area contributed by atoms with E-state index >= 15 is 0 Å². The van der Waals surface area contributed by atoms with E-state index in [1.807, 2.05) is 24.3 Å². The number of imidazole rings is 1. The molecule has 1 aromatic heterocycles. The van der Waals surface area contributed by atoms with Crippen LogP contribution in [-0.2, 0) is 22.2 Å². The number of nitrogens with zero attached hydrogens (tertiary/aromatic N) is 2. The van der Waals surface area contributed by atoms with Crippen molar-refractivity contribution in [1.82, 2.24) is 9.55 Å². The van der Waals surface area contributed by atoms with Gasteiger partial charge in [0.2, 0.25) is 11.1 Å². The molecule has 0 saturated carbocycles. The van der Waals surface area contributed by atoms with E-state index in [-0.39, 0.29) is 18.9 Å². The molecule has 9 heteroatoms. The van der Waals surface area contributed by atoms with Crippen molar-refractivity contribution in [2.75, 3.05) is 17.7 Å². The number of hydrogen-bond acceptors (Lipinski definition) is 6. The molecule has 0 saturated heterocycles. The fourth-order valence-corrected chi connectivity index (χ4v) is 4.62. The van der Waals surface area contributed by atoms with E-state index in [4.69, 9.17) is 4.74 Å². The Kier molecular flexibility index (Phi) is 6.45. The summed E-state index contributed by atoms with van der Waals surface area (Å²) in [6.07, 6.45) is 3.05. The Hall–Kier alpha value is -3.01. The van der Waals surface area contributed by atoms with Gasteiger partial charge in [0.15, 0.2) is 0 Å². The number of ether oxygens (including phenoxy) is 1. The summed E-state index contributed by atoms with van der Waals surface area (Å²) in [5.41, 5.74) is 2.70. The first-order valence-electron chi connectivity index (χ1n) is 9.92. The number of para-hydroxylation sites is 1. The largest absolute Gasteiger partial charge is 0.494 e. The summed E-state index contributed by atoms with van der Waals surface area (Å²) in [4.78, 5) is 15.7. The van der Waals surface area contributed by atoms with E-state index in [2.05, 4.69) is 10.3 Å². The van der Waals surface area contributed by atoms with E-state index in [0.29, 0.717) is 40.9 Å². The maximum absolute atomic E-state index is 12.8. The van der Waals surface area contributed by atoms with Crippen LogP contribution in [0.2, 0.25) is 0 Å². The molecule has 0 spiro atoms. The predicted octanol–water partition coefficient (Wildman–Crippen LogP) is 2.32. The second kappa shape index (κ2) is 9.42. The molecule has 0 bridgehead atoms. The number of aromatic nitrogens is 2. The van der Waals surface area contributed by atoms with Gasteiger partial charge in [-0.15, -0.1) is 0 Å². The number of aliphatic hydroxyl groups excluding tert-OH is 2. The van der Waals surface area contributed by atoms with Crippen molar-refractivity contribution >= 4 is 22.4 Å². The molecule has 2 aromatic carbocycles. The zero-order valence-corrected chi connectivity index (χ0v) is 17.5. The number of amides is 1. The third-order valence-corrected chi connectivity index (χ3v) is 6.38. The predicted molar refractivity (Wildman–Crippen MR) is 116 cm³/mol. The highest BCUT2D eigenvalue weighted by Gasteiger charge is 2.23. The highest BCUT2D eigenvalue weighted by atomic mass is 32.2. The van der Waals surface area contributed by atoms with Crippen LogP contribution >= 0.6 is 0 Å². The van der Waals surface area contributed by atoms with Crippen molar-refractivity contribution in [2.24, 2.45) is 0 Å². The third-order valence-electron chi connectivity index (χ3n) is 5.01. The van der Waals surface area contributed by atoms with Crippen LogP contribution in [0.5, 0.6) is 5.75 Å². The zero-order chi connectivity index (χ0) is 21.8. The Bertz CT molecular complexity index is 1110. The maximum atomic E-state index is 12.8. The lowest BCUT2D eigenvalue weighted by molar-refractivity contribution is -0.118. The molecule has 2 heterocycles. The molecule has 2 atom stereocenters. The molecule has 4 rings (SSSR count). The maximum Gasteiger partial charge on any atom is 0.227 e. The molecule has 0 aliphatic carbocycles. The highest BCUT2D eigenvalue weighted by molar-refractivity contribution is 7.84. The van der Waals surface area contributed by atoms with Crippen molar-refractivity contribution < 1.29 is 24.0 Å². The summed E-state index contributed by atoms with van der Waals surface area (Å²) in [6.45, 7) is 0.230. The summed E-state index contributed by atoms with van der Waals surface area (Å²) in [5, 5.41) is 22.8. The quantitative estimate of drug-likeness (QED) is 0.463. The number of hydrogen-bond donors (Lipinski definition) is 3. The number of fused-ring (bicyclic) bond motifs is 1. The minimum Gasteiger partial charge on any atom is -0.494 e. The number of anilines is 1. The molecule has 3 N–H and O–H groups in total. The van der Waals surface area contributed by atoms with Crippen molar-refractivity contribution in [3.05, 3.63) is 66.0 Å². The van der Waals surface area contributed by atoms with Crippen LogP contribution < -0.4 is 10.1 Å². The Morgan fingerprint density at radius 1 is 1.26 bits per heavy atom. The normalized spacial score (nSPS) is 16.5. The van der Waals surface area contributed by atoms with Crippen molar-refractivity contribution in [3.63, 3.8) is 0 Å². The van der Waals surface area contributed by atoms with E-state index < -0.39 is 16.9 Å². The van der Waals surface area contributed by atoms with Crippen LogP contribution in [0, 0.1) is 0 Å². The Morgan fingerprint density at radius 2 is 2.10 bits per heavy atom. The second-order valence-electron chi connectivity index (χ2n) is 7.14. The van der Waals surface area contributed by atoms with Gasteiger partial charge in [0.1, 0.15) is 5.75 Å². The lowest BCUT2D eigenvalue weighted by Gasteiger charge is -2.22. The van der Waals surface area contributed by atoms with E-state index in [1.54, 1.807) is 35.2 Å². The molecule has 1 amide bonds. The van der Waals surface area contributed by atoms with Crippen LogP contribution in [0.4, 0.5) is 5.69 Å². The molecule has 0 fully saturated rings. The number of benzene rings is 2. The van der Waals surface area contributed by atoms with Crippen molar-refractivity contribution in [1.29, 1.82) is 0 Å². The summed E-state index contributed by atoms with van der Waals surface area (Å²) in [5.74, 6) is 0.733. The van der Waals surface area contributed by atoms with E-state index in [9.17, 15) is 19.2 Å². The van der Waals surface area contributed by atoms with Crippen LogP contribution in [-0.4, -0.2) is 42.2 Å².